The van der Waals surface area contributed by atoms with Crippen LogP contribution in [0, 0.1) is 12.8 Å². The molecule has 1 aliphatic carbocycles. The lowest BCUT2D eigenvalue weighted by molar-refractivity contribution is -0.137. The molecule has 1 unspecified atom stereocenters. The number of nitrogens with zero attached hydrogens (tertiary/aromatic N) is 1. The molecule has 4 rings (SSSR count). The van der Waals surface area contributed by atoms with E-state index in [4.69, 9.17) is 4.74 Å². The lowest BCUT2D eigenvalue weighted by Gasteiger charge is -2.23. The predicted molar refractivity (Wildman–Crippen MR) is 130 cm³/mol. The van der Waals surface area contributed by atoms with Crippen LogP contribution in [-0.2, 0) is 11.3 Å². The molecule has 0 bridgehead atoms. The number of carboxylic acids is 1. The van der Waals surface area contributed by atoms with E-state index in [2.05, 4.69) is 48.5 Å². The summed E-state index contributed by atoms with van der Waals surface area (Å²) in [6, 6.07) is 14.8. The summed E-state index contributed by atoms with van der Waals surface area (Å²) in [5.41, 5.74) is 3.71. The van der Waals surface area contributed by atoms with Gasteiger partial charge in [-0.25, -0.2) is 4.31 Å². The van der Waals surface area contributed by atoms with Crippen LogP contribution in [-0.4, -0.2) is 28.0 Å². The van der Waals surface area contributed by atoms with Gasteiger partial charge in [0.15, 0.2) is 0 Å². The maximum Gasteiger partial charge on any atom is 0.303 e. The van der Waals surface area contributed by atoms with Crippen molar-refractivity contribution in [3.8, 4) is 5.75 Å². The first-order valence-corrected chi connectivity index (χ1v) is 12.7. The molecular formula is C27H35NO3S. The Labute approximate surface area is 196 Å². The molecule has 0 spiro atoms. The Hall–Kier alpha value is -1.98. The van der Waals surface area contributed by atoms with Crippen molar-refractivity contribution in [2.45, 2.75) is 82.3 Å². The molecule has 1 fully saturated rings. The molecule has 4 nitrogen and oxygen atoms in total. The summed E-state index contributed by atoms with van der Waals surface area (Å²) in [5, 5.41) is 9.55. The quantitative estimate of drug-likeness (QED) is 0.445. The molecule has 0 radical (unpaired) electrons. The highest BCUT2D eigenvalue weighted by atomic mass is 32.2. The van der Waals surface area contributed by atoms with Gasteiger partial charge in [0.05, 0.1) is 11.3 Å². The van der Waals surface area contributed by atoms with E-state index in [0.29, 0.717) is 0 Å². The molecule has 2 atom stereocenters. The van der Waals surface area contributed by atoms with Gasteiger partial charge in [0.1, 0.15) is 11.9 Å². The summed E-state index contributed by atoms with van der Waals surface area (Å²) < 4.78 is 8.48. The van der Waals surface area contributed by atoms with Crippen molar-refractivity contribution in [3.63, 3.8) is 0 Å². The smallest absolute Gasteiger partial charge is 0.303 e. The monoisotopic (exact) mass is 453 g/mol. The second-order valence-corrected chi connectivity index (χ2v) is 10.6. The Morgan fingerprint density at radius 1 is 1.22 bits per heavy atom. The average Bonchev–Trinajstić information content (AvgIpc) is 3.21. The molecule has 0 amide bonds. The van der Waals surface area contributed by atoms with E-state index in [0.717, 1.165) is 42.5 Å². The van der Waals surface area contributed by atoms with Gasteiger partial charge in [-0.2, -0.15) is 0 Å². The molecule has 2 aromatic rings. The van der Waals surface area contributed by atoms with E-state index in [1.807, 2.05) is 12.1 Å². The van der Waals surface area contributed by atoms with Gasteiger partial charge in [0, 0.05) is 13.1 Å². The van der Waals surface area contributed by atoms with Gasteiger partial charge in [-0.15, -0.1) is 0 Å². The van der Waals surface area contributed by atoms with Gasteiger partial charge >= 0.3 is 5.97 Å². The fourth-order valence-corrected chi connectivity index (χ4v) is 6.19. The van der Waals surface area contributed by atoms with Gasteiger partial charge in [-0.3, -0.25) is 4.79 Å². The van der Waals surface area contributed by atoms with E-state index in [1.165, 1.54) is 42.4 Å². The van der Waals surface area contributed by atoms with Gasteiger partial charge in [0.25, 0.3) is 0 Å². The van der Waals surface area contributed by atoms with Crippen molar-refractivity contribution in [1.82, 2.24) is 4.31 Å². The number of carboxylic acid groups (broad SMARTS) is 1. The maximum absolute atomic E-state index is 11.6. The summed E-state index contributed by atoms with van der Waals surface area (Å²) in [7, 11) is 0. The molecule has 2 aromatic carbocycles. The molecule has 0 aromatic heterocycles. The molecule has 2 aliphatic rings. The minimum atomic E-state index is -0.700. The van der Waals surface area contributed by atoms with Crippen LogP contribution < -0.4 is 4.74 Å². The van der Waals surface area contributed by atoms with Gasteiger partial charge in [-0.1, -0.05) is 56.0 Å². The Morgan fingerprint density at radius 3 is 2.78 bits per heavy atom. The van der Waals surface area contributed by atoms with E-state index < -0.39 is 5.97 Å². The summed E-state index contributed by atoms with van der Waals surface area (Å²) >= 11 is 1.75. The Kier molecular flexibility index (Phi) is 7.80. The van der Waals surface area contributed by atoms with Gasteiger partial charge < -0.3 is 9.84 Å². The van der Waals surface area contributed by atoms with Crippen LogP contribution in [0.1, 0.15) is 74.5 Å². The molecule has 1 aliphatic heterocycles. The molecule has 5 heteroatoms. The highest BCUT2D eigenvalue weighted by molar-refractivity contribution is 7.97. The zero-order valence-electron chi connectivity index (χ0n) is 19.3. The van der Waals surface area contributed by atoms with Crippen LogP contribution in [0.5, 0.6) is 5.75 Å². The number of aryl methyl sites for hydroxylation is 1. The molecule has 1 saturated carbocycles. The van der Waals surface area contributed by atoms with Crippen molar-refractivity contribution in [2.75, 3.05) is 6.54 Å². The summed E-state index contributed by atoms with van der Waals surface area (Å²) in [5.74, 6) is 1.12. The van der Waals surface area contributed by atoms with Crippen molar-refractivity contribution in [2.24, 2.45) is 5.92 Å². The van der Waals surface area contributed by atoms with Crippen molar-refractivity contribution < 1.29 is 14.6 Å². The van der Waals surface area contributed by atoms with E-state index in [1.54, 1.807) is 11.9 Å². The van der Waals surface area contributed by atoms with Gasteiger partial charge in [-0.05, 0) is 79.3 Å². The molecule has 0 saturated heterocycles. The standard InChI is InChI=1S/C27H35NO3S/c1-19-11-13-22(23(16-27(29)30)14-12-21-7-3-4-8-21)15-24(19)18-28-17-20(2)31-25-9-5-6-10-26(25)32-28/h5-6,9-11,13,15,20-21,23H,3-4,7-8,12,14,16-18H2,1-2H3,(H,29,30)/t20-,23?/m1/s1. The largest absolute Gasteiger partial charge is 0.488 e. The maximum atomic E-state index is 11.6. The van der Waals surface area contributed by atoms with Crippen molar-refractivity contribution >= 4 is 17.9 Å². The SMILES string of the molecule is Cc1ccc(C(CCC2CCCC2)CC(=O)O)cc1CN1C[C@@H](C)Oc2ccccc2S1. The zero-order chi connectivity index (χ0) is 22.5. The van der Waals surface area contributed by atoms with E-state index in [9.17, 15) is 9.90 Å². The van der Waals surface area contributed by atoms with E-state index >= 15 is 0 Å². The fraction of sp³-hybridized carbons (Fsp3) is 0.519. The number of hydrogen-bond acceptors (Lipinski definition) is 4. The number of para-hydroxylation sites is 1. The second kappa shape index (κ2) is 10.8. The molecule has 32 heavy (non-hydrogen) atoms. The number of rotatable bonds is 8. The third-order valence-electron chi connectivity index (χ3n) is 6.88. The van der Waals surface area contributed by atoms with Crippen molar-refractivity contribution in [3.05, 3.63) is 59.2 Å². The number of ether oxygens (including phenoxy) is 1. The number of aliphatic carboxylic acids is 1. The Bertz CT molecular complexity index is 925. The third kappa shape index (κ3) is 6.08. The number of benzene rings is 2. The number of carbonyl (C=O) groups is 1. The summed E-state index contributed by atoms with van der Waals surface area (Å²) in [6.45, 7) is 5.92. The van der Waals surface area contributed by atoms with Crippen LogP contribution >= 0.6 is 11.9 Å². The number of hydrogen-bond donors (Lipinski definition) is 1. The van der Waals surface area contributed by atoms with E-state index in [-0.39, 0.29) is 18.4 Å². The first kappa shape index (κ1) is 23.2. The molecular weight excluding hydrogens is 418 g/mol. The fourth-order valence-electron chi connectivity index (χ4n) is 5.08. The molecule has 1 heterocycles. The Morgan fingerprint density at radius 2 is 2.00 bits per heavy atom. The van der Waals surface area contributed by atoms with Crippen LogP contribution in [0.15, 0.2) is 47.4 Å². The van der Waals surface area contributed by atoms with Crippen LogP contribution in [0.3, 0.4) is 0 Å². The van der Waals surface area contributed by atoms with Crippen molar-refractivity contribution in [1.29, 1.82) is 0 Å². The zero-order valence-corrected chi connectivity index (χ0v) is 20.1. The normalized spacial score (nSPS) is 20.4. The van der Waals surface area contributed by atoms with Crippen LogP contribution in [0.2, 0.25) is 0 Å². The summed E-state index contributed by atoms with van der Waals surface area (Å²) in [4.78, 5) is 12.8. The third-order valence-corrected chi connectivity index (χ3v) is 7.95. The molecule has 172 valence electrons. The minimum absolute atomic E-state index is 0.0900. The highest BCUT2D eigenvalue weighted by Crippen LogP contribution is 2.38. The first-order chi connectivity index (χ1) is 15.5. The lowest BCUT2D eigenvalue weighted by Crippen LogP contribution is -2.27. The second-order valence-electron chi connectivity index (χ2n) is 9.50. The lowest BCUT2D eigenvalue weighted by atomic mass is 9.86. The average molecular weight is 454 g/mol. The van der Waals surface area contributed by atoms with Gasteiger partial charge in [0.2, 0.25) is 0 Å². The van der Waals surface area contributed by atoms with Crippen LogP contribution in [0.4, 0.5) is 0 Å². The number of fused-ring (bicyclic) bond motifs is 1. The molecule has 1 N–H and O–H groups in total. The van der Waals surface area contributed by atoms with Crippen LogP contribution in [0.25, 0.3) is 0 Å². The predicted octanol–water partition coefficient (Wildman–Crippen LogP) is 6.81. The minimum Gasteiger partial charge on any atom is -0.488 e. The highest BCUT2D eigenvalue weighted by Gasteiger charge is 2.23. The Balaban J connectivity index is 1.50. The topological polar surface area (TPSA) is 49.8 Å². The summed E-state index contributed by atoms with van der Waals surface area (Å²) in [6.07, 6.45) is 7.74. The first-order valence-electron chi connectivity index (χ1n) is 12.0.